The molecule has 2 aromatic carbocycles. The maximum atomic E-state index is 12.8. The van der Waals surface area contributed by atoms with Crippen LogP contribution in [-0.4, -0.2) is 34.2 Å². The highest BCUT2D eigenvalue weighted by Gasteiger charge is 2.24. The average molecular weight is 419 g/mol. The molecule has 158 valence electrons. The van der Waals surface area contributed by atoms with Gasteiger partial charge < -0.3 is 10.1 Å². The molecule has 6 nitrogen and oxygen atoms in total. The van der Waals surface area contributed by atoms with Crippen LogP contribution in [0.3, 0.4) is 0 Å². The van der Waals surface area contributed by atoms with Crippen molar-refractivity contribution < 1.29 is 17.9 Å². The molecule has 1 N–H and O–H groups in total. The zero-order chi connectivity index (χ0) is 21.8. The van der Waals surface area contributed by atoms with Gasteiger partial charge in [-0.2, -0.15) is 0 Å². The summed E-state index contributed by atoms with van der Waals surface area (Å²) in [5, 5.41) is 2.97. The van der Waals surface area contributed by atoms with Crippen LogP contribution >= 0.6 is 0 Å². The number of carbonyl (C=O) groups excluding carboxylic acids is 1. The van der Waals surface area contributed by atoms with Crippen molar-refractivity contribution in [2.75, 3.05) is 24.2 Å². The molecule has 2 aromatic rings. The third-order valence-electron chi connectivity index (χ3n) is 5.10. The number of nitrogens with zero attached hydrogens (tertiary/aromatic N) is 1. The van der Waals surface area contributed by atoms with E-state index in [4.69, 9.17) is 4.74 Å². The smallest absolute Gasteiger partial charge is 0.241 e. The first-order chi connectivity index (χ1) is 13.6. The topological polar surface area (TPSA) is 75.7 Å². The SMILES string of the molecule is CC[C@@H](NC(=O)CN(c1cccc(C)c1C)S(C)(=O)=O)c1ccc(OC)c(C)c1. The number of rotatable bonds is 8. The van der Waals surface area contributed by atoms with Crippen molar-refractivity contribution in [3.63, 3.8) is 0 Å². The predicted molar refractivity (Wildman–Crippen MR) is 117 cm³/mol. The van der Waals surface area contributed by atoms with Crippen LogP contribution in [-0.2, 0) is 14.8 Å². The summed E-state index contributed by atoms with van der Waals surface area (Å²) < 4.78 is 31.3. The second-order valence-electron chi connectivity index (χ2n) is 7.25. The van der Waals surface area contributed by atoms with Crippen LogP contribution in [0, 0.1) is 20.8 Å². The summed E-state index contributed by atoms with van der Waals surface area (Å²) in [6, 6.07) is 11.0. The first-order valence-electron chi connectivity index (χ1n) is 9.56. The van der Waals surface area contributed by atoms with Gasteiger partial charge in [-0.25, -0.2) is 8.42 Å². The zero-order valence-corrected chi connectivity index (χ0v) is 18.8. The fraction of sp³-hybridized carbons (Fsp3) is 0.409. The fourth-order valence-corrected chi connectivity index (χ4v) is 4.20. The van der Waals surface area contributed by atoms with E-state index in [0.717, 1.165) is 38.6 Å². The number of anilines is 1. The summed E-state index contributed by atoms with van der Waals surface area (Å²) in [5.74, 6) is 0.435. The number of hydrogen-bond acceptors (Lipinski definition) is 4. The molecule has 0 aliphatic heterocycles. The summed E-state index contributed by atoms with van der Waals surface area (Å²) in [6.07, 6.45) is 1.80. The Labute approximate surface area is 173 Å². The Morgan fingerprint density at radius 1 is 1.14 bits per heavy atom. The van der Waals surface area contributed by atoms with Gasteiger partial charge in [-0.05, 0) is 61.6 Å². The number of methoxy groups -OCH3 is 1. The molecule has 0 bridgehead atoms. The number of sulfonamides is 1. The Kier molecular flexibility index (Phi) is 7.30. The molecule has 1 atom stereocenters. The van der Waals surface area contributed by atoms with Crippen LogP contribution in [0.2, 0.25) is 0 Å². The van der Waals surface area contributed by atoms with Gasteiger partial charge in [-0.15, -0.1) is 0 Å². The molecule has 0 radical (unpaired) electrons. The Bertz CT molecular complexity index is 986. The lowest BCUT2D eigenvalue weighted by atomic mass is 10.0. The highest BCUT2D eigenvalue weighted by atomic mass is 32.2. The average Bonchev–Trinajstić information content (AvgIpc) is 2.65. The zero-order valence-electron chi connectivity index (χ0n) is 17.9. The molecule has 0 spiro atoms. The molecule has 0 aromatic heterocycles. The molecule has 0 heterocycles. The minimum absolute atomic E-state index is 0.216. The minimum Gasteiger partial charge on any atom is -0.496 e. The number of benzene rings is 2. The monoisotopic (exact) mass is 418 g/mol. The van der Waals surface area contributed by atoms with Gasteiger partial charge in [0.2, 0.25) is 15.9 Å². The molecule has 0 saturated carbocycles. The summed E-state index contributed by atoms with van der Waals surface area (Å²) in [7, 11) is -2.00. The van der Waals surface area contributed by atoms with Crippen molar-refractivity contribution in [3.05, 3.63) is 58.7 Å². The van der Waals surface area contributed by atoms with E-state index in [9.17, 15) is 13.2 Å². The maximum Gasteiger partial charge on any atom is 0.241 e. The van der Waals surface area contributed by atoms with Gasteiger partial charge in [0.1, 0.15) is 12.3 Å². The lowest BCUT2D eigenvalue weighted by molar-refractivity contribution is -0.120. The van der Waals surface area contributed by atoms with E-state index in [1.54, 1.807) is 19.2 Å². The van der Waals surface area contributed by atoms with Gasteiger partial charge in [0.05, 0.1) is 25.1 Å². The first kappa shape index (κ1) is 22.7. The van der Waals surface area contributed by atoms with Crippen molar-refractivity contribution in [1.82, 2.24) is 5.32 Å². The number of aryl methyl sites for hydroxylation is 2. The lowest BCUT2D eigenvalue weighted by Crippen LogP contribution is -2.41. The van der Waals surface area contributed by atoms with E-state index in [-0.39, 0.29) is 18.5 Å². The highest BCUT2D eigenvalue weighted by molar-refractivity contribution is 7.92. The Balaban J connectivity index is 2.25. The van der Waals surface area contributed by atoms with Crippen molar-refractivity contribution in [3.8, 4) is 5.75 Å². The number of amides is 1. The molecule has 1 amide bonds. The quantitative estimate of drug-likeness (QED) is 0.710. The molecule has 7 heteroatoms. The first-order valence-corrected chi connectivity index (χ1v) is 11.4. The Hall–Kier alpha value is -2.54. The van der Waals surface area contributed by atoms with Gasteiger partial charge in [0, 0.05) is 0 Å². The van der Waals surface area contributed by atoms with Crippen molar-refractivity contribution >= 4 is 21.6 Å². The van der Waals surface area contributed by atoms with E-state index in [1.807, 2.05) is 52.0 Å². The van der Waals surface area contributed by atoms with Crippen LogP contribution in [0.1, 0.15) is 41.6 Å². The van der Waals surface area contributed by atoms with E-state index in [0.29, 0.717) is 12.1 Å². The normalized spacial score (nSPS) is 12.3. The van der Waals surface area contributed by atoms with Gasteiger partial charge in [-0.1, -0.05) is 31.2 Å². The molecular weight excluding hydrogens is 388 g/mol. The third-order valence-corrected chi connectivity index (χ3v) is 6.22. The number of nitrogens with one attached hydrogen (secondary N) is 1. The third kappa shape index (κ3) is 5.50. The van der Waals surface area contributed by atoms with Crippen LogP contribution in [0.5, 0.6) is 5.75 Å². The summed E-state index contributed by atoms with van der Waals surface area (Å²) in [5.41, 5.74) is 4.26. The van der Waals surface area contributed by atoms with Gasteiger partial charge in [0.25, 0.3) is 0 Å². The summed E-state index contributed by atoms with van der Waals surface area (Å²) in [6.45, 7) is 7.43. The predicted octanol–water partition coefficient (Wildman–Crippen LogP) is 3.65. The van der Waals surface area contributed by atoms with Crippen molar-refractivity contribution in [2.24, 2.45) is 0 Å². The summed E-state index contributed by atoms with van der Waals surface area (Å²) >= 11 is 0. The van der Waals surface area contributed by atoms with Crippen LogP contribution in [0.25, 0.3) is 0 Å². The Morgan fingerprint density at radius 2 is 1.83 bits per heavy atom. The number of ether oxygens (including phenoxy) is 1. The van der Waals surface area contributed by atoms with Crippen LogP contribution in [0.15, 0.2) is 36.4 Å². The molecule has 0 saturated heterocycles. The largest absolute Gasteiger partial charge is 0.496 e. The van der Waals surface area contributed by atoms with E-state index in [1.165, 1.54) is 0 Å². The Morgan fingerprint density at radius 3 is 2.38 bits per heavy atom. The fourth-order valence-electron chi connectivity index (χ4n) is 3.30. The molecule has 0 aliphatic rings. The lowest BCUT2D eigenvalue weighted by Gasteiger charge is -2.26. The summed E-state index contributed by atoms with van der Waals surface area (Å²) in [4.78, 5) is 12.8. The second kappa shape index (κ2) is 9.31. The standard InChI is InChI=1S/C22H30N2O4S/c1-7-19(18-11-12-21(28-5)16(3)13-18)23-22(25)14-24(29(6,26)27)20-10-8-9-15(2)17(20)4/h8-13,19H,7,14H2,1-6H3,(H,23,25)/t19-/m1/s1. The van der Waals surface area contributed by atoms with Crippen molar-refractivity contribution in [1.29, 1.82) is 0 Å². The van der Waals surface area contributed by atoms with Crippen LogP contribution in [0.4, 0.5) is 5.69 Å². The van der Waals surface area contributed by atoms with E-state index < -0.39 is 10.0 Å². The molecule has 0 aliphatic carbocycles. The highest BCUT2D eigenvalue weighted by Crippen LogP contribution is 2.26. The second-order valence-corrected chi connectivity index (χ2v) is 9.15. The molecular formula is C22H30N2O4S. The number of hydrogen-bond donors (Lipinski definition) is 1. The van der Waals surface area contributed by atoms with Gasteiger partial charge >= 0.3 is 0 Å². The molecule has 29 heavy (non-hydrogen) atoms. The van der Waals surface area contributed by atoms with Gasteiger partial charge in [-0.3, -0.25) is 9.10 Å². The molecule has 0 unspecified atom stereocenters. The van der Waals surface area contributed by atoms with Crippen molar-refractivity contribution in [2.45, 2.75) is 40.2 Å². The number of carbonyl (C=O) groups is 1. The maximum absolute atomic E-state index is 12.8. The van der Waals surface area contributed by atoms with E-state index in [2.05, 4.69) is 5.32 Å². The minimum atomic E-state index is -3.62. The van der Waals surface area contributed by atoms with E-state index >= 15 is 0 Å². The molecule has 2 rings (SSSR count). The van der Waals surface area contributed by atoms with Crippen LogP contribution < -0.4 is 14.4 Å². The van der Waals surface area contributed by atoms with Gasteiger partial charge in [0.15, 0.2) is 0 Å². The molecule has 0 fully saturated rings.